The van der Waals surface area contributed by atoms with Crippen LogP contribution in [0.25, 0.3) is 0 Å². The molecule has 6 nitrogen and oxygen atoms in total. The van der Waals surface area contributed by atoms with Crippen molar-refractivity contribution in [1.82, 2.24) is 15.2 Å². The first-order valence-electron chi connectivity index (χ1n) is 12.1. The highest BCUT2D eigenvalue weighted by Gasteiger charge is 2.20. The van der Waals surface area contributed by atoms with Crippen molar-refractivity contribution in [2.24, 2.45) is 0 Å². The number of hydrogen-bond acceptors (Lipinski definition) is 4. The second kappa shape index (κ2) is 13.6. The van der Waals surface area contributed by atoms with Crippen LogP contribution in [0.1, 0.15) is 63.4 Å². The maximum absolute atomic E-state index is 13.1. The maximum atomic E-state index is 13.1. The fraction of sp³-hybridized carbons (Fsp3) is 0.538. The quantitative estimate of drug-likeness (QED) is 0.423. The van der Waals surface area contributed by atoms with Gasteiger partial charge in [-0.1, -0.05) is 56.4 Å². The Morgan fingerprint density at radius 2 is 1.81 bits per heavy atom. The number of benzene rings is 1. The van der Waals surface area contributed by atoms with Crippen LogP contribution in [0.3, 0.4) is 0 Å². The Bertz CT molecular complexity index is 793. The number of urea groups is 1. The van der Waals surface area contributed by atoms with Crippen molar-refractivity contribution in [3.05, 3.63) is 54.2 Å². The smallest absolute Gasteiger partial charge is 0.317 e. The summed E-state index contributed by atoms with van der Waals surface area (Å²) in [6.45, 7) is 2.25. The number of pyridine rings is 1. The van der Waals surface area contributed by atoms with Crippen molar-refractivity contribution in [1.29, 1.82) is 0 Å². The summed E-state index contributed by atoms with van der Waals surface area (Å²) in [5, 5.41) is 6.64. The van der Waals surface area contributed by atoms with Crippen LogP contribution in [0.2, 0.25) is 0 Å². The molecule has 1 aromatic carbocycles. The van der Waals surface area contributed by atoms with Crippen LogP contribution >= 0.6 is 0 Å². The van der Waals surface area contributed by atoms with Gasteiger partial charge in [0.25, 0.3) is 0 Å². The molecule has 32 heavy (non-hydrogen) atoms. The van der Waals surface area contributed by atoms with Crippen molar-refractivity contribution in [2.45, 2.75) is 70.4 Å². The number of nitrogens with one attached hydrogen (secondary N) is 2. The molecule has 2 N–H and O–H groups in total. The van der Waals surface area contributed by atoms with Crippen molar-refractivity contribution in [3.8, 4) is 5.75 Å². The van der Waals surface area contributed by atoms with E-state index in [1.165, 1.54) is 19.3 Å². The summed E-state index contributed by atoms with van der Waals surface area (Å²) < 4.78 is 5.51. The van der Waals surface area contributed by atoms with E-state index in [9.17, 15) is 4.79 Å². The minimum absolute atomic E-state index is 0.0552. The van der Waals surface area contributed by atoms with Gasteiger partial charge in [-0.05, 0) is 43.9 Å². The number of aromatic nitrogens is 1. The molecule has 0 unspecified atom stereocenters. The molecule has 0 atom stereocenters. The molecule has 0 radical (unpaired) electrons. The van der Waals surface area contributed by atoms with Gasteiger partial charge in [0.05, 0.1) is 13.7 Å². The minimum atomic E-state index is 0.0552. The molecule has 0 spiro atoms. The van der Waals surface area contributed by atoms with Gasteiger partial charge in [0.2, 0.25) is 0 Å². The van der Waals surface area contributed by atoms with Gasteiger partial charge >= 0.3 is 6.03 Å². The number of unbranched alkanes of at least 4 members (excludes halogenated alkanes) is 3. The molecule has 1 aliphatic rings. The normalized spacial score (nSPS) is 14.0. The number of para-hydroxylation sites is 1. The number of carbonyl (C=O) groups is 1. The minimum Gasteiger partial charge on any atom is -0.496 e. The van der Waals surface area contributed by atoms with Crippen molar-refractivity contribution < 1.29 is 9.53 Å². The first kappa shape index (κ1) is 23.9. The van der Waals surface area contributed by atoms with Gasteiger partial charge in [-0.15, -0.1) is 0 Å². The van der Waals surface area contributed by atoms with E-state index < -0.39 is 0 Å². The predicted octanol–water partition coefficient (Wildman–Crippen LogP) is 5.61. The molecule has 1 saturated carbocycles. The van der Waals surface area contributed by atoms with Crippen LogP contribution in [0.15, 0.2) is 48.7 Å². The number of anilines is 1. The van der Waals surface area contributed by atoms with Gasteiger partial charge in [-0.3, -0.25) is 0 Å². The first-order valence-corrected chi connectivity index (χ1v) is 12.1. The summed E-state index contributed by atoms with van der Waals surface area (Å²) in [5.41, 5.74) is 1.05. The second-order valence-corrected chi connectivity index (χ2v) is 8.57. The van der Waals surface area contributed by atoms with E-state index in [0.29, 0.717) is 12.6 Å². The number of methoxy groups -OCH3 is 1. The SMILES string of the molecule is COc1ccccc1CN(CCCCCCNc1ccccn1)C(=O)NC1CCCCC1. The Kier molecular flexibility index (Phi) is 10.2. The highest BCUT2D eigenvalue weighted by molar-refractivity contribution is 5.74. The molecule has 2 amide bonds. The summed E-state index contributed by atoms with van der Waals surface area (Å²) >= 11 is 0. The van der Waals surface area contributed by atoms with E-state index in [1.807, 2.05) is 47.4 Å². The maximum Gasteiger partial charge on any atom is 0.317 e. The third-order valence-electron chi connectivity index (χ3n) is 6.10. The second-order valence-electron chi connectivity index (χ2n) is 8.57. The van der Waals surface area contributed by atoms with Gasteiger partial charge in [-0.25, -0.2) is 9.78 Å². The molecule has 174 valence electrons. The molecule has 3 rings (SSSR count). The molecule has 0 bridgehead atoms. The molecule has 1 aliphatic carbocycles. The fourth-order valence-electron chi connectivity index (χ4n) is 4.27. The topological polar surface area (TPSA) is 66.5 Å². The van der Waals surface area contributed by atoms with E-state index in [0.717, 1.165) is 68.7 Å². The average molecular weight is 439 g/mol. The van der Waals surface area contributed by atoms with Gasteiger partial charge in [0.1, 0.15) is 11.6 Å². The zero-order valence-electron chi connectivity index (χ0n) is 19.4. The van der Waals surface area contributed by atoms with Crippen LogP contribution in [-0.2, 0) is 6.54 Å². The van der Waals surface area contributed by atoms with E-state index in [4.69, 9.17) is 4.74 Å². The van der Waals surface area contributed by atoms with Gasteiger partial charge < -0.3 is 20.3 Å². The van der Waals surface area contributed by atoms with Gasteiger partial charge in [0, 0.05) is 30.9 Å². The van der Waals surface area contributed by atoms with Gasteiger partial charge in [0.15, 0.2) is 0 Å². The Hall–Kier alpha value is -2.76. The van der Waals surface area contributed by atoms with Crippen LogP contribution in [0, 0.1) is 0 Å². The zero-order valence-corrected chi connectivity index (χ0v) is 19.4. The number of hydrogen-bond donors (Lipinski definition) is 2. The first-order chi connectivity index (χ1) is 15.8. The summed E-state index contributed by atoms with van der Waals surface area (Å²) in [6.07, 6.45) is 12.0. The monoisotopic (exact) mass is 438 g/mol. The Morgan fingerprint density at radius 3 is 2.59 bits per heavy atom. The van der Waals surface area contributed by atoms with Crippen molar-refractivity contribution in [2.75, 3.05) is 25.5 Å². The Balaban J connectivity index is 1.46. The fourth-order valence-corrected chi connectivity index (χ4v) is 4.27. The average Bonchev–Trinajstić information content (AvgIpc) is 2.84. The predicted molar refractivity (Wildman–Crippen MR) is 130 cm³/mol. The highest BCUT2D eigenvalue weighted by Crippen LogP contribution is 2.21. The van der Waals surface area contributed by atoms with Crippen molar-refractivity contribution >= 4 is 11.8 Å². The molecule has 1 heterocycles. The lowest BCUT2D eigenvalue weighted by molar-refractivity contribution is 0.185. The lowest BCUT2D eigenvalue weighted by Gasteiger charge is -2.29. The third kappa shape index (κ3) is 8.06. The van der Waals surface area contributed by atoms with Crippen LogP contribution in [-0.4, -0.2) is 42.2 Å². The molecular weight excluding hydrogens is 400 g/mol. The van der Waals surface area contributed by atoms with E-state index >= 15 is 0 Å². The number of ether oxygens (including phenoxy) is 1. The van der Waals surface area contributed by atoms with Crippen LogP contribution in [0.4, 0.5) is 10.6 Å². The molecule has 0 aliphatic heterocycles. The molecule has 0 saturated heterocycles. The standard InChI is InChI=1S/C26H38N4O2/c1-32-24-16-8-7-13-22(24)21-30(26(31)29-23-14-5-4-6-15-23)20-12-3-2-10-18-27-25-17-9-11-19-28-25/h7-9,11,13,16-17,19,23H,2-6,10,12,14-15,18,20-21H2,1H3,(H,27,28)(H,29,31). The van der Waals surface area contributed by atoms with Gasteiger partial charge in [-0.2, -0.15) is 0 Å². The Morgan fingerprint density at radius 1 is 1.03 bits per heavy atom. The number of amides is 2. The molecular formula is C26H38N4O2. The lowest BCUT2D eigenvalue weighted by Crippen LogP contribution is -2.45. The summed E-state index contributed by atoms with van der Waals surface area (Å²) in [5.74, 6) is 1.76. The third-order valence-corrected chi connectivity index (χ3v) is 6.10. The van der Waals surface area contributed by atoms with Crippen LogP contribution in [0.5, 0.6) is 5.75 Å². The number of carbonyl (C=O) groups excluding carboxylic acids is 1. The summed E-state index contributed by atoms with van der Waals surface area (Å²) in [6, 6.07) is 14.2. The number of rotatable bonds is 12. The van der Waals surface area contributed by atoms with E-state index in [1.54, 1.807) is 13.3 Å². The number of nitrogens with zero attached hydrogens (tertiary/aromatic N) is 2. The molecule has 2 aromatic rings. The molecule has 6 heteroatoms. The molecule has 1 fully saturated rings. The van der Waals surface area contributed by atoms with E-state index in [2.05, 4.69) is 15.6 Å². The largest absolute Gasteiger partial charge is 0.496 e. The lowest BCUT2D eigenvalue weighted by atomic mass is 9.96. The molecule has 1 aromatic heterocycles. The zero-order chi connectivity index (χ0) is 22.4. The van der Waals surface area contributed by atoms with E-state index in [-0.39, 0.29) is 6.03 Å². The van der Waals surface area contributed by atoms with Crippen LogP contribution < -0.4 is 15.4 Å². The Labute approximate surface area is 192 Å². The van der Waals surface area contributed by atoms with Crippen molar-refractivity contribution in [3.63, 3.8) is 0 Å². The summed E-state index contributed by atoms with van der Waals surface area (Å²) in [7, 11) is 1.68. The summed E-state index contributed by atoms with van der Waals surface area (Å²) in [4.78, 5) is 19.3. The highest BCUT2D eigenvalue weighted by atomic mass is 16.5.